The molecule has 1 fully saturated rings. The lowest BCUT2D eigenvalue weighted by molar-refractivity contribution is -0.100. The predicted octanol–water partition coefficient (Wildman–Crippen LogP) is 2.45. The molecule has 0 aliphatic carbocycles. The fourth-order valence-corrected chi connectivity index (χ4v) is 3.56. The number of fused-ring (bicyclic) bond motifs is 1. The van der Waals surface area contributed by atoms with Crippen molar-refractivity contribution in [2.45, 2.75) is 18.6 Å². The van der Waals surface area contributed by atoms with E-state index in [0.29, 0.717) is 25.9 Å². The van der Waals surface area contributed by atoms with Gasteiger partial charge < -0.3 is 14.8 Å². The van der Waals surface area contributed by atoms with Crippen molar-refractivity contribution >= 4 is 21.4 Å². The van der Waals surface area contributed by atoms with Gasteiger partial charge >= 0.3 is 0 Å². The Hall–Kier alpha value is -0.940. The number of benzene rings is 1. The van der Waals surface area contributed by atoms with Gasteiger partial charge in [-0.2, -0.15) is 0 Å². The topological polar surface area (TPSA) is 30.5 Å². The fourth-order valence-electron chi connectivity index (χ4n) is 2.59. The Bertz CT molecular complexity index is 534. The molecule has 0 saturated carbocycles. The minimum atomic E-state index is 0.150. The zero-order valence-electron chi connectivity index (χ0n) is 11.1. The molecule has 1 saturated heterocycles. The molecule has 3 nitrogen and oxygen atoms in total. The van der Waals surface area contributed by atoms with E-state index < -0.39 is 0 Å². The lowest BCUT2D eigenvalue weighted by Gasteiger charge is -2.30. The van der Waals surface area contributed by atoms with E-state index in [1.54, 1.807) is 0 Å². The van der Waals surface area contributed by atoms with Gasteiger partial charge in [0, 0.05) is 10.7 Å². The standard InChI is InChI=1S/C15H19NO2S/c1-16-13(14-9-17-6-7-18-14)8-11-10-19-15-5-3-2-4-12(11)15/h2-5,10,13-14,16H,6-9H2,1H3. The second kappa shape index (κ2) is 6.01. The van der Waals surface area contributed by atoms with Gasteiger partial charge in [0.2, 0.25) is 0 Å². The molecule has 2 heterocycles. The van der Waals surface area contributed by atoms with Gasteiger partial charge in [-0.1, -0.05) is 18.2 Å². The molecule has 1 aliphatic heterocycles. The summed E-state index contributed by atoms with van der Waals surface area (Å²) in [5.74, 6) is 0. The maximum atomic E-state index is 5.81. The minimum Gasteiger partial charge on any atom is -0.376 e. The molecule has 2 aromatic rings. The Labute approximate surface area is 117 Å². The average molecular weight is 277 g/mol. The number of ether oxygens (including phenoxy) is 2. The van der Waals surface area contributed by atoms with Crippen LogP contribution in [0.25, 0.3) is 10.1 Å². The highest BCUT2D eigenvalue weighted by molar-refractivity contribution is 7.17. The van der Waals surface area contributed by atoms with Gasteiger partial charge in [0.05, 0.1) is 25.9 Å². The third kappa shape index (κ3) is 2.82. The second-order valence-corrected chi connectivity index (χ2v) is 5.75. The molecule has 0 bridgehead atoms. The third-order valence-corrected chi connectivity index (χ3v) is 4.67. The summed E-state index contributed by atoms with van der Waals surface area (Å²) < 4.78 is 12.7. The lowest BCUT2D eigenvalue weighted by atomic mass is 10.0. The van der Waals surface area contributed by atoms with Crippen LogP contribution < -0.4 is 5.32 Å². The quantitative estimate of drug-likeness (QED) is 0.931. The van der Waals surface area contributed by atoms with Crippen molar-refractivity contribution in [2.75, 3.05) is 26.9 Å². The smallest absolute Gasteiger partial charge is 0.0965 e. The molecule has 102 valence electrons. The van der Waals surface area contributed by atoms with Gasteiger partial charge in [-0.25, -0.2) is 0 Å². The molecule has 1 aromatic heterocycles. The van der Waals surface area contributed by atoms with E-state index in [4.69, 9.17) is 9.47 Å². The van der Waals surface area contributed by atoms with Crippen LogP contribution in [0.5, 0.6) is 0 Å². The second-order valence-electron chi connectivity index (χ2n) is 4.84. The highest BCUT2D eigenvalue weighted by Gasteiger charge is 2.24. The summed E-state index contributed by atoms with van der Waals surface area (Å²) in [5, 5.41) is 7.00. The van der Waals surface area contributed by atoms with Crippen molar-refractivity contribution in [1.82, 2.24) is 5.32 Å². The first-order valence-electron chi connectivity index (χ1n) is 6.70. The fraction of sp³-hybridized carbons (Fsp3) is 0.467. The summed E-state index contributed by atoms with van der Waals surface area (Å²) in [5.41, 5.74) is 1.40. The van der Waals surface area contributed by atoms with Crippen LogP contribution in [0, 0.1) is 0 Å². The van der Waals surface area contributed by atoms with Crippen LogP contribution in [0.2, 0.25) is 0 Å². The van der Waals surface area contributed by atoms with E-state index >= 15 is 0 Å². The maximum absolute atomic E-state index is 5.81. The van der Waals surface area contributed by atoms with E-state index in [1.807, 2.05) is 18.4 Å². The van der Waals surface area contributed by atoms with E-state index in [0.717, 1.165) is 6.42 Å². The van der Waals surface area contributed by atoms with Gasteiger partial charge in [0.15, 0.2) is 0 Å². The van der Waals surface area contributed by atoms with Crippen molar-refractivity contribution in [2.24, 2.45) is 0 Å². The summed E-state index contributed by atoms with van der Waals surface area (Å²) in [4.78, 5) is 0. The summed E-state index contributed by atoms with van der Waals surface area (Å²) in [6.45, 7) is 2.11. The molecular formula is C15H19NO2S. The molecule has 2 atom stereocenters. The van der Waals surface area contributed by atoms with Gasteiger partial charge in [-0.15, -0.1) is 11.3 Å². The zero-order valence-corrected chi connectivity index (χ0v) is 11.9. The van der Waals surface area contributed by atoms with E-state index in [2.05, 4.69) is 35.0 Å². The van der Waals surface area contributed by atoms with Crippen LogP contribution in [0.4, 0.5) is 0 Å². The number of rotatable bonds is 4. The van der Waals surface area contributed by atoms with Crippen LogP contribution in [-0.2, 0) is 15.9 Å². The highest BCUT2D eigenvalue weighted by atomic mass is 32.1. The molecule has 1 aliphatic rings. The van der Waals surface area contributed by atoms with Crippen molar-refractivity contribution in [1.29, 1.82) is 0 Å². The molecule has 0 spiro atoms. The summed E-state index contributed by atoms with van der Waals surface area (Å²) in [6.07, 6.45) is 1.13. The van der Waals surface area contributed by atoms with Crippen LogP contribution >= 0.6 is 11.3 Å². The summed E-state index contributed by atoms with van der Waals surface area (Å²) in [6, 6.07) is 8.88. The molecule has 2 unspecified atom stereocenters. The zero-order chi connectivity index (χ0) is 13.1. The van der Waals surface area contributed by atoms with Gasteiger partial charge in [0.1, 0.15) is 0 Å². The van der Waals surface area contributed by atoms with Crippen molar-refractivity contribution in [3.8, 4) is 0 Å². The Morgan fingerprint density at radius 2 is 2.26 bits per heavy atom. The van der Waals surface area contributed by atoms with Crippen molar-refractivity contribution in [3.63, 3.8) is 0 Å². The molecule has 19 heavy (non-hydrogen) atoms. The molecular weight excluding hydrogens is 258 g/mol. The number of nitrogens with one attached hydrogen (secondary N) is 1. The Kier molecular flexibility index (Phi) is 4.13. The van der Waals surface area contributed by atoms with Crippen LogP contribution in [0.3, 0.4) is 0 Å². The molecule has 1 N–H and O–H groups in total. The largest absolute Gasteiger partial charge is 0.376 e. The Morgan fingerprint density at radius 3 is 3.05 bits per heavy atom. The highest BCUT2D eigenvalue weighted by Crippen LogP contribution is 2.27. The average Bonchev–Trinajstić information content (AvgIpc) is 2.89. The van der Waals surface area contributed by atoms with Gasteiger partial charge in [-0.05, 0) is 35.9 Å². The lowest BCUT2D eigenvalue weighted by Crippen LogP contribution is -2.46. The monoisotopic (exact) mass is 277 g/mol. The normalized spacial score (nSPS) is 21.6. The maximum Gasteiger partial charge on any atom is 0.0965 e. The third-order valence-electron chi connectivity index (χ3n) is 3.66. The van der Waals surface area contributed by atoms with Crippen molar-refractivity contribution in [3.05, 3.63) is 35.2 Å². The number of likely N-dealkylation sites (N-methyl/N-ethyl adjacent to an activating group) is 1. The number of thiophene rings is 1. The van der Waals surface area contributed by atoms with Crippen LogP contribution in [-0.4, -0.2) is 39.0 Å². The Balaban J connectivity index is 1.78. The molecule has 1 aromatic carbocycles. The molecule has 0 radical (unpaired) electrons. The van der Waals surface area contributed by atoms with E-state index in [1.165, 1.54) is 15.6 Å². The first-order valence-corrected chi connectivity index (χ1v) is 7.58. The summed E-state index contributed by atoms with van der Waals surface area (Å²) in [7, 11) is 2.00. The van der Waals surface area contributed by atoms with Crippen molar-refractivity contribution < 1.29 is 9.47 Å². The van der Waals surface area contributed by atoms with E-state index in [-0.39, 0.29) is 6.10 Å². The molecule has 3 rings (SSSR count). The van der Waals surface area contributed by atoms with E-state index in [9.17, 15) is 0 Å². The Morgan fingerprint density at radius 1 is 1.37 bits per heavy atom. The first-order chi connectivity index (χ1) is 9.38. The SMILES string of the molecule is CNC(Cc1csc2ccccc12)C1COCCO1. The molecule has 0 amide bonds. The minimum absolute atomic E-state index is 0.150. The van der Waals surface area contributed by atoms with Crippen LogP contribution in [0.15, 0.2) is 29.6 Å². The first kappa shape index (κ1) is 13.1. The number of hydrogen-bond acceptors (Lipinski definition) is 4. The number of hydrogen-bond donors (Lipinski definition) is 1. The predicted molar refractivity (Wildman–Crippen MR) is 78.9 cm³/mol. The molecule has 4 heteroatoms. The van der Waals surface area contributed by atoms with Crippen LogP contribution in [0.1, 0.15) is 5.56 Å². The van der Waals surface area contributed by atoms with Gasteiger partial charge in [0.25, 0.3) is 0 Å². The van der Waals surface area contributed by atoms with Gasteiger partial charge in [-0.3, -0.25) is 0 Å². The summed E-state index contributed by atoms with van der Waals surface area (Å²) >= 11 is 1.81.